The van der Waals surface area contributed by atoms with Crippen LogP contribution in [0.4, 0.5) is 13.2 Å². The van der Waals surface area contributed by atoms with E-state index in [-0.39, 0.29) is 19.4 Å². The average Bonchev–Trinajstić information content (AvgIpc) is 1.97. The van der Waals surface area contributed by atoms with Crippen molar-refractivity contribution in [2.24, 2.45) is 0 Å². The normalized spacial score (nSPS) is 12.6. The highest BCUT2D eigenvalue weighted by atomic mass is 32.2. The molecule has 0 aliphatic carbocycles. The minimum absolute atomic E-state index is 0.0895. The molecule has 0 atom stereocenters. The Labute approximate surface area is 79.1 Å². The Hall–Kier alpha value is -0.760. The predicted octanol–water partition coefficient (Wildman–Crippen LogP) is 1.14. The van der Waals surface area contributed by atoms with E-state index in [0.717, 1.165) is 0 Å². The molecule has 0 spiro atoms. The third-order valence-corrected chi connectivity index (χ3v) is 2.15. The topological polar surface area (TPSA) is 63.6 Å². The molecule has 0 aromatic heterocycles. The van der Waals surface area contributed by atoms with Gasteiger partial charge in [0.15, 0.2) is 0 Å². The van der Waals surface area contributed by atoms with Gasteiger partial charge in [-0.1, -0.05) is 6.58 Å². The van der Waals surface area contributed by atoms with Crippen LogP contribution in [0.5, 0.6) is 0 Å². The van der Waals surface area contributed by atoms with Gasteiger partial charge in [-0.25, -0.2) is 0 Å². The summed E-state index contributed by atoms with van der Waals surface area (Å²) in [6, 6.07) is 0. The number of allylic oxidation sites excluding steroid dienone is 1. The molecule has 4 nitrogen and oxygen atoms in total. The number of aliphatic hydroxyl groups is 1. The highest BCUT2D eigenvalue weighted by Crippen LogP contribution is 2.26. The molecule has 0 saturated carbocycles. The first kappa shape index (κ1) is 13.2. The van der Waals surface area contributed by atoms with Crippen molar-refractivity contribution in [2.75, 3.05) is 6.61 Å². The molecule has 0 aromatic carbocycles. The molecular formula is C6H9F3O4S. The zero-order chi connectivity index (χ0) is 11.4. The number of rotatable bonds is 5. The van der Waals surface area contributed by atoms with Gasteiger partial charge in [-0.2, -0.15) is 21.6 Å². The van der Waals surface area contributed by atoms with Crippen LogP contribution in [0.25, 0.3) is 0 Å². The van der Waals surface area contributed by atoms with E-state index in [4.69, 9.17) is 5.11 Å². The highest BCUT2D eigenvalue weighted by molar-refractivity contribution is 7.87. The Morgan fingerprint density at radius 2 is 1.93 bits per heavy atom. The van der Waals surface area contributed by atoms with E-state index in [1.807, 2.05) is 0 Å². The summed E-state index contributed by atoms with van der Waals surface area (Å²) >= 11 is 0. The van der Waals surface area contributed by atoms with Gasteiger partial charge in [0.2, 0.25) is 0 Å². The SMILES string of the molecule is C=C(CCCO)OS(=O)(=O)C(F)(F)F. The molecular weight excluding hydrogens is 225 g/mol. The fourth-order valence-electron chi connectivity index (χ4n) is 0.520. The van der Waals surface area contributed by atoms with Gasteiger partial charge in [-0.3, -0.25) is 0 Å². The van der Waals surface area contributed by atoms with E-state index in [1.54, 1.807) is 0 Å². The van der Waals surface area contributed by atoms with Gasteiger partial charge in [0.05, 0.1) is 0 Å². The van der Waals surface area contributed by atoms with Crippen LogP contribution < -0.4 is 0 Å². The van der Waals surface area contributed by atoms with E-state index in [2.05, 4.69) is 10.8 Å². The van der Waals surface area contributed by atoms with Crippen LogP contribution in [0, 0.1) is 0 Å². The Bertz CT molecular complexity index is 293. The third-order valence-electron chi connectivity index (χ3n) is 1.12. The second kappa shape index (κ2) is 4.65. The Morgan fingerprint density at radius 3 is 2.29 bits per heavy atom. The van der Waals surface area contributed by atoms with E-state index in [0.29, 0.717) is 0 Å². The van der Waals surface area contributed by atoms with Crippen LogP contribution in [0.15, 0.2) is 12.3 Å². The maximum Gasteiger partial charge on any atom is 0.534 e. The molecule has 0 saturated heterocycles. The van der Waals surface area contributed by atoms with Gasteiger partial charge >= 0.3 is 15.6 Å². The largest absolute Gasteiger partial charge is 0.534 e. The first-order valence-corrected chi connectivity index (χ1v) is 4.91. The summed E-state index contributed by atoms with van der Waals surface area (Å²) in [5.41, 5.74) is -5.45. The smallest absolute Gasteiger partial charge is 0.396 e. The van der Waals surface area contributed by atoms with E-state index in [9.17, 15) is 21.6 Å². The fourth-order valence-corrected chi connectivity index (χ4v) is 1.01. The molecule has 0 unspecified atom stereocenters. The molecule has 0 rings (SSSR count). The van der Waals surface area contributed by atoms with Crippen molar-refractivity contribution in [3.05, 3.63) is 12.3 Å². The van der Waals surface area contributed by atoms with Crippen molar-refractivity contribution < 1.29 is 30.9 Å². The van der Waals surface area contributed by atoms with E-state index < -0.39 is 21.4 Å². The van der Waals surface area contributed by atoms with Crippen molar-refractivity contribution in [1.29, 1.82) is 0 Å². The summed E-state index contributed by atoms with van der Waals surface area (Å²) in [5, 5.41) is 8.30. The van der Waals surface area contributed by atoms with Crippen LogP contribution in [0.2, 0.25) is 0 Å². The molecule has 1 N–H and O–H groups in total. The number of hydrogen-bond acceptors (Lipinski definition) is 4. The molecule has 0 aliphatic rings. The lowest BCUT2D eigenvalue weighted by Crippen LogP contribution is -2.25. The molecule has 14 heavy (non-hydrogen) atoms. The van der Waals surface area contributed by atoms with Crippen LogP contribution in [-0.2, 0) is 14.3 Å². The molecule has 84 valence electrons. The summed E-state index contributed by atoms with van der Waals surface area (Å²) in [4.78, 5) is 0. The Balaban J connectivity index is 4.32. The molecule has 0 amide bonds. The van der Waals surface area contributed by atoms with Gasteiger partial charge in [0.1, 0.15) is 5.76 Å². The summed E-state index contributed by atoms with van der Waals surface area (Å²) in [5.74, 6) is -0.545. The molecule has 0 aliphatic heterocycles. The number of aliphatic hydroxyl groups excluding tert-OH is 1. The molecule has 0 fully saturated rings. The predicted molar refractivity (Wildman–Crippen MR) is 41.5 cm³/mol. The number of hydrogen-bond donors (Lipinski definition) is 1. The van der Waals surface area contributed by atoms with Crippen LogP contribution in [0.1, 0.15) is 12.8 Å². The van der Waals surface area contributed by atoms with Crippen molar-refractivity contribution >= 4 is 10.1 Å². The lowest BCUT2D eigenvalue weighted by molar-refractivity contribution is -0.0523. The average molecular weight is 234 g/mol. The number of halogens is 3. The Kier molecular flexibility index (Phi) is 4.40. The minimum atomic E-state index is -5.61. The quantitative estimate of drug-likeness (QED) is 0.440. The monoisotopic (exact) mass is 234 g/mol. The fraction of sp³-hybridized carbons (Fsp3) is 0.667. The molecule has 0 radical (unpaired) electrons. The van der Waals surface area contributed by atoms with Crippen molar-refractivity contribution in [2.45, 2.75) is 18.3 Å². The summed E-state index contributed by atoms with van der Waals surface area (Å²) in [6.07, 6.45) is -0.0575. The Morgan fingerprint density at radius 1 is 1.43 bits per heavy atom. The summed E-state index contributed by atoms with van der Waals surface area (Å²) in [7, 11) is -5.61. The van der Waals surface area contributed by atoms with Gasteiger partial charge in [-0.15, -0.1) is 0 Å². The molecule has 0 heterocycles. The van der Waals surface area contributed by atoms with Crippen LogP contribution >= 0.6 is 0 Å². The van der Waals surface area contributed by atoms with Crippen molar-refractivity contribution in [3.8, 4) is 0 Å². The van der Waals surface area contributed by atoms with E-state index >= 15 is 0 Å². The zero-order valence-electron chi connectivity index (χ0n) is 7.04. The number of alkyl halides is 3. The third kappa shape index (κ3) is 3.97. The first-order valence-electron chi connectivity index (χ1n) is 3.50. The van der Waals surface area contributed by atoms with Crippen molar-refractivity contribution in [1.82, 2.24) is 0 Å². The lowest BCUT2D eigenvalue weighted by atomic mass is 10.3. The summed E-state index contributed by atoms with van der Waals surface area (Å²) < 4.78 is 59.5. The van der Waals surface area contributed by atoms with Gasteiger partial charge < -0.3 is 9.29 Å². The van der Waals surface area contributed by atoms with Gasteiger partial charge in [-0.05, 0) is 6.42 Å². The second-order valence-corrected chi connectivity index (χ2v) is 3.89. The van der Waals surface area contributed by atoms with Gasteiger partial charge in [0, 0.05) is 13.0 Å². The van der Waals surface area contributed by atoms with Crippen LogP contribution in [0.3, 0.4) is 0 Å². The summed E-state index contributed by atoms with van der Waals surface area (Å²) in [6.45, 7) is 2.70. The second-order valence-electron chi connectivity index (χ2n) is 2.35. The van der Waals surface area contributed by atoms with Gasteiger partial charge in [0.25, 0.3) is 0 Å². The lowest BCUT2D eigenvalue weighted by Gasteiger charge is -2.10. The standard InChI is InChI=1S/C6H9F3O4S/c1-5(3-2-4-10)13-14(11,12)6(7,8)9/h10H,1-4H2. The van der Waals surface area contributed by atoms with E-state index in [1.165, 1.54) is 0 Å². The highest BCUT2D eigenvalue weighted by Gasteiger charge is 2.48. The first-order chi connectivity index (χ1) is 6.20. The maximum absolute atomic E-state index is 11.7. The molecule has 0 aromatic rings. The zero-order valence-corrected chi connectivity index (χ0v) is 7.86. The van der Waals surface area contributed by atoms with Crippen molar-refractivity contribution in [3.63, 3.8) is 0 Å². The molecule has 0 bridgehead atoms. The maximum atomic E-state index is 11.7. The van der Waals surface area contributed by atoms with Crippen LogP contribution in [-0.4, -0.2) is 25.6 Å². The molecule has 8 heteroatoms. The minimum Gasteiger partial charge on any atom is -0.396 e.